The lowest BCUT2D eigenvalue weighted by molar-refractivity contribution is -0.141. The normalized spacial score (nSPS) is 12.3. The smallest absolute Gasteiger partial charge is 0.331 e. The standard InChI is InChI=1S/C23H42O4/c1-4-7-9-10-11-12-13-14-15-19-26-22(24)17-18-23(25)27-20-21(6-3)16-8-5-2/h17-18,21H,4-16,19-20H2,1-3H3. The molecule has 0 aliphatic rings. The molecule has 0 aliphatic heterocycles. The summed E-state index contributed by atoms with van der Waals surface area (Å²) in [5.74, 6) is -0.532. The van der Waals surface area contributed by atoms with Gasteiger partial charge in [-0.1, -0.05) is 91.4 Å². The van der Waals surface area contributed by atoms with Gasteiger partial charge in [-0.15, -0.1) is 0 Å². The second-order valence-electron chi connectivity index (χ2n) is 7.38. The summed E-state index contributed by atoms with van der Waals surface area (Å²) < 4.78 is 10.3. The van der Waals surface area contributed by atoms with Crippen molar-refractivity contribution in [2.24, 2.45) is 5.92 Å². The van der Waals surface area contributed by atoms with E-state index in [0.717, 1.165) is 38.5 Å². The molecule has 0 saturated heterocycles. The number of hydrogen-bond donors (Lipinski definition) is 0. The Morgan fingerprint density at radius 2 is 1.22 bits per heavy atom. The Kier molecular flexibility index (Phi) is 18.5. The number of rotatable bonds is 18. The molecule has 0 spiro atoms. The van der Waals surface area contributed by atoms with Gasteiger partial charge in [0.2, 0.25) is 0 Å². The van der Waals surface area contributed by atoms with Crippen molar-refractivity contribution in [1.29, 1.82) is 0 Å². The Balaban J connectivity index is 3.63. The third-order valence-electron chi connectivity index (χ3n) is 4.85. The second-order valence-corrected chi connectivity index (χ2v) is 7.38. The number of ether oxygens (including phenoxy) is 2. The molecule has 0 radical (unpaired) electrons. The molecule has 1 atom stereocenters. The minimum atomic E-state index is -0.468. The van der Waals surface area contributed by atoms with Gasteiger partial charge in [0.15, 0.2) is 0 Å². The first-order valence-corrected chi connectivity index (χ1v) is 11.2. The molecule has 0 aromatic heterocycles. The summed E-state index contributed by atoms with van der Waals surface area (Å²) >= 11 is 0. The van der Waals surface area contributed by atoms with E-state index in [2.05, 4.69) is 20.8 Å². The summed E-state index contributed by atoms with van der Waals surface area (Å²) in [6, 6.07) is 0. The van der Waals surface area contributed by atoms with E-state index in [1.54, 1.807) is 0 Å². The van der Waals surface area contributed by atoms with Crippen molar-refractivity contribution < 1.29 is 19.1 Å². The Morgan fingerprint density at radius 3 is 1.78 bits per heavy atom. The van der Waals surface area contributed by atoms with Gasteiger partial charge in [0, 0.05) is 12.2 Å². The van der Waals surface area contributed by atoms with Crippen LogP contribution in [0.5, 0.6) is 0 Å². The maximum Gasteiger partial charge on any atom is 0.331 e. The molecule has 0 aromatic rings. The first-order chi connectivity index (χ1) is 13.1. The molecule has 0 N–H and O–H groups in total. The largest absolute Gasteiger partial charge is 0.463 e. The second kappa shape index (κ2) is 19.4. The highest BCUT2D eigenvalue weighted by Crippen LogP contribution is 2.13. The van der Waals surface area contributed by atoms with Crippen LogP contribution in [0.25, 0.3) is 0 Å². The summed E-state index contributed by atoms with van der Waals surface area (Å²) in [6.45, 7) is 7.33. The molecular weight excluding hydrogens is 340 g/mol. The van der Waals surface area contributed by atoms with Crippen LogP contribution in [-0.4, -0.2) is 25.2 Å². The van der Waals surface area contributed by atoms with Crippen molar-refractivity contribution in [2.75, 3.05) is 13.2 Å². The first kappa shape index (κ1) is 25.7. The maximum atomic E-state index is 11.7. The monoisotopic (exact) mass is 382 g/mol. The minimum absolute atomic E-state index is 0.404. The average molecular weight is 383 g/mol. The quantitative estimate of drug-likeness (QED) is 0.157. The zero-order chi connectivity index (χ0) is 20.2. The molecule has 27 heavy (non-hydrogen) atoms. The predicted molar refractivity (Wildman–Crippen MR) is 112 cm³/mol. The van der Waals surface area contributed by atoms with Gasteiger partial charge in [-0.2, -0.15) is 0 Å². The van der Waals surface area contributed by atoms with Crippen molar-refractivity contribution in [3.05, 3.63) is 12.2 Å². The molecule has 0 saturated carbocycles. The van der Waals surface area contributed by atoms with E-state index in [1.807, 2.05) is 0 Å². The fourth-order valence-electron chi connectivity index (χ4n) is 2.92. The van der Waals surface area contributed by atoms with Gasteiger partial charge in [0.25, 0.3) is 0 Å². The molecule has 0 fully saturated rings. The number of carbonyl (C=O) groups is 2. The molecule has 0 aliphatic carbocycles. The SMILES string of the molecule is CCCCCCCCCCCOC(=O)C=CC(=O)OCC(CC)CCCC. The lowest BCUT2D eigenvalue weighted by Gasteiger charge is -2.13. The highest BCUT2D eigenvalue weighted by atomic mass is 16.5. The number of carbonyl (C=O) groups excluding carboxylic acids is 2. The zero-order valence-electron chi connectivity index (χ0n) is 18.0. The molecule has 0 rings (SSSR count). The van der Waals surface area contributed by atoms with Gasteiger partial charge in [0.05, 0.1) is 13.2 Å². The average Bonchev–Trinajstić information content (AvgIpc) is 2.68. The zero-order valence-corrected chi connectivity index (χ0v) is 18.0. The van der Waals surface area contributed by atoms with E-state index in [0.29, 0.717) is 19.1 Å². The fourth-order valence-corrected chi connectivity index (χ4v) is 2.92. The maximum absolute atomic E-state index is 11.7. The number of esters is 2. The summed E-state index contributed by atoms with van der Waals surface area (Å²) in [4.78, 5) is 23.3. The summed E-state index contributed by atoms with van der Waals surface area (Å²) in [6.07, 6.45) is 17.8. The predicted octanol–water partition coefficient (Wildman–Crippen LogP) is 6.38. The van der Waals surface area contributed by atoms with Crippen LogP contribution in [0.4, 0.5) is 0 Å². The minimum Gasteiger partial charge on any atom is -0.463 e. The third kappa shape index (κ3) is 17.8. The van der Waals surface area contributed by atoms with Crippen molar-refractivity contribution in [1.82, 2.24) is 0 Å². The van der Waals surface area contributed by atoms with Crippen LogP contribution < -0.4 is 0 Å². The molecule has 4 heteroatoms. The Morgan fingerprint density at radius 1 is 0.704 bits per heavy atom. The summed E-state index contributed by atoms with van der Waals surface area (Å²) in [5.41, 5.74) is 0. The van der Waals surface area contributed by atoms with Crippen LogP contribution in [0.3, 0.4) is 0 Å². The molecule has 158 valence electrons. The Bertz CT molecular complexity index is 390. The number of hydrogen-bond acceptors (Lipinski definition) is 4. The molecule has 0 bridgehead atoms. The van der Waals surface area contributed by atoms with Gasteiger partial charge in [-0.3, -0.25) is 0 Å². The van der Waals surface area contributed by atoms with Crippen LogP contribution in [0.15, 0.2) is 12.2 Å². The summed E-state index contributed by atoms with van der Waals surface area (Å²) in [7, 11) is 0. The van der Waals surface area contributed by atoms with Crippen molar-refractivity contribution in [3.63, 3.8) is 0 Å². The van der Waals surface area contributed by atoms with Crippen molar-refractivity contribution in [2.45, 2.75) is 104 Å². The topological polar surface area (TPSA) is 52.6 Å². The van der Waals surface area contributed by atoms with E-state index in [1.165, 1.54) is 57.1 Å². The van der Waals surface area contributed by atoms with Gasteiger partial charge in [-0.25, -0.2) is 9.59 Å². The fraction of sp³-hybridized carbons (Fsp3) is 0.826. The van der Waals surface area contributed by atoms with Gasteiger partial charge in [0.1, 0.15) is 0 Å². The Hall–Kier alpha value is -1.32. The molecule has 0 amide bonds. The van der Waals surface area contributed by atoms with Gasteiger partial charge >= 0.3 is 11.9 Å². The molecular formula is C23H42O4. The van der Waals surface area contributed by atoms with Crippen molar-refractivity contribution >= 4 is 11.9 Å². The van der Waals surface area contributed by atoms with Crippen LogP contribution in [0, 0.1) is 5.92 Å². The van der Waals surface area contributed by atoms with E-state index < -0.39 is 11.9 Å². The van der Waals surface area contributed by atoms with Crippen LogP contribution >= 0.6 is 0 Å². The van der Waals surface area contributed by atoms with Gasteiger partial charge < -0.3 is 9.47 Å². The number of unbranched alkanes of at least 4 members (excludes halogenated alkanes) is 9. The van der Waals surface area contributed by atoms with E-state index in [9.17, 15) is 9.59 Å². The van der Waals surface area contributed by atoms with E-state index >= 15 is 0 Å². The third-order valence-corrected chi connectivity index (χ3v) is 4.85. The lowest BCUT2D eigenvalue weighted by atomic mass is 10.0. The molecule has 0 aromatic carbocycles. The van der Waals surface area contributed by atoms with Crippen LogP contribution in [0.2, 0.25) is 0 Å². The Labute approximate surface area is 167 Å². The van der Waals surface area contributed by atoms with E-state index in [4.69, 9.17) is 9.47 Å². The molecule has 0 heterocycles. The molecule has 1 unspecified atom stereocenters. The first-order valence-electron chi connectivity index (χ1n) is 11.2. The summed E-state index contributed by atoms with van der Waals surface area (Å²) in [5, 5.41) is 0. The van der Waals surface area contributed by atoms with Crippen molar-refractivity contribution in [3.8, 4) is 0 Å². The van der Waals surface area contributed by atoms with Gasteiger partial charge in [-0.05, 0) is 18.8 Å². The van der Waals surface area contributed by atoms with E-state index in [-0.39, 0.29) is 0 Å². The lowest BCUT2D eigenvalue weighted by Crippen LogP contribution is -2.12. The highest BCUT2D eigenvalue weighted by molar-refractivity contribution is 5.91. The molecule has 4 nitrogen and oxygen atoms in total. The van der Waals surface area contributed by atoms with Crippen LogP contribution in [0.1, 0.15) is 104 Å². The van der Waals surface area contributed by atoms with Crippen LogP contribution in [-0.2, 0) is 19.1 Å². The highest BCUT2D eigenvalue weighted by Gasteiger charge is 2.08.